The van der Waals surface area contributed by atoms with Gasteiger partial charge in [0, 0.05) is 15.1 Å². The van der Waals surface area contributed by atoms with Crippen molar-refractivity contribution in [3.05, 3.63) is 58.6 Å². The van der Waals surface area contributed by atoms with E-state index in [-0.39, 0.29) is 11.7 Å². The van der Waals surface area contributed by atoms with Crippen LogP contribution in [-0.2, 0) is 9.53 Å². The number of rotatable bonds is 5. The summed E-state index contributed by atoms with van der Waals surface area (Å²) in [6.45, 7) is 0. The zero-order valence-electron chi connectivity index (χ0n) is 11.8. The van der Waals surface area contributed by atoms with Crippen LogP contribution in [0.4, 0.5) is 5.69 Å². The van der Waals surface area contributed by atoms with Crippen molar-refractivity contribution in [3.8, 4) is 0 Å². The molecule has 0 aromatic heterocycles. The van der Waals surface area contributed by atoms with Crippen LogP contribution in [0.2, 0.25) is 0 Å². The Labute approximate surface area is 141 Å². The number of hydrogen-bond acceptors (Lipinski definition) is 4. The van der Waals surface area contributed by atoms with Gasteiger partial charge >= 0.3 is 5.97 Å². The molecule has 2 aromatic carbocycles. The summed E-state index contributed by atoms with van der Waals surface area (Å²) in [7, 11) is 1.32. The Morgan fingerprint density at radius 3 is 2.68 bits per heavy atom. The number of benzene rings is 2. The minimum atomic E-state index is -0.432. The first-order valence-electron chi connectivity index (χ1n) is 6.45. The van der Waals surface area contributed by atoms with Crippen LogP contribution >= 0.6 is 27.7 Å². The van der Waals surface area contributed by atoms with Crippen molar-refractivity contribution in [2.45, 2.75) is 4.90 Å². The van der Waals surface area contributed by atoms with Gasteiger partial charge in [0.05, 0.1) is 18.4 Å². The third-order valence-electron chi connectivity index (χ3n) is 2.76. The van der Waals surface area contributed by atoms with Gasteiger partial charge in [-0.15, -0.1) is 11.8 Å². The van der Waals surface area contributed by atoms with E-state index in [1.54, 1.807) is 24.3 Å². The van der Waals surface area contributed by atoms with Gasteiger partial charge in [-0.2, -0.15) is 0 Å². The molecule has 2 aromatic rings. The summed E-state index contributed by atoms with van der Waals surface area (Å²) in [5.41, 5.74) is 0.972. The first-order chi connectivity index (χ1) is 10.6. The zero-order chi connectivity index (χ0) is 15.9. The molecule has 22 heavy (non-hydrogen) atoms. The molecule has 0 fully saturated rings. The lowest BCUT2D eigenvalue weighted by Gasteiger charge is -2.07. The van der Waals surface area contributed by atoms with Crippen molar-refractivity contribution >= 4 is 45.3 Å². The van der Waals surface area contributed by atoms with Crippen LogP contribution in [0.25, 0.3) is 0 Å². The van der Waals surface area contributed by atoms with Crippen LogP contribution in [0, 0.1) is 0 Å². The number of esters is 1. The highest BCUT2D eigenvalue weighted by Crippen LogP contribution is 2.27. The standard InChI is InChI=1S/C16H14BrNO3S/c1-21-16(20)11-5-4-6-12(9-11)18-15(19)10-22-14-8-3-2-7-13(14)17/h2-9H,10H2,1H3,(H,18,19). The molecule has 1 amide bonds. The monoisotopic (exact) mass is 379 g/mol. The first-order valence-corrected chi connectivity index (χ1v) is 8.23. The van der Waals surface area contributed by atoms with Crippen molar-refractivity contribution in [3.63, 3.8) is 0 Å². The van der Waals surface area contributed by atoms with Gasteiger partial charge in [0.15, 0.2) is 0 Å². The second-order valence-corrected chi connectivity index (χ2v) is 6.21. The molecule has 0 radical (unpaired) electrons. The fraction of sp³-hybridized carbons (Fsp3) is 0.125. The SMILES string of the molecule is COC(=O)c1cccc(NC(=O)CSc2ccccc2Br)c1. The highest BCUT2D eigenvalue weighted by atomic mass is 79.9. The lowest BCUT2D eigenvalue weighted by molar-refractivity contribution is -0.113. The molecular formula is C16H14BrNO3S. The maximum Gasteiger partial charge on any atom is 0.337 e. The lowest BCUT2D eigenvalue weighted by atomic mass is 10.2. The number of thioether (sulfide) groups is 1. The number of halogens is 1. The van der Waals surface area contributed by atoms with Gasteiger partial charge in [0.25, 0.3) is 0 Å². The highest BCUT2D eigenvalue weighted by Gasteiger charge is 2.09. The molecule has 0 heterocycles. The fourth-order valence-corrected chi connectivity index (χ4v) is 3.11. The van der Waals surface area contributed by atoms with Crippen molar-refractivity contribution < 1.29 is 14.3 Å². The number of carbonyl (C=O) groups excluding carboxylic acids is 2. The smallest absolute Gasteiger partial charge is 0.337 e. The summed E-state index contributed by atoms with van der Waals surface area (Å²) in [6, 6.07) is 14.4. The number of methoxy groups -OCH3 is 1. The van der Waals surface area contributed by atoms with Gasteiger partial charge in [0.2, 0.25) is 5.91 Å². The quantitative estimate of drug-likeness (QED) is 0.630. The number of ether oxygens (including phenoxy) is 1. The Balaban J connectivity index is 1.95. The van der Waals surface area contributed by atoms with E-state index in [4.69, 9.17) is 0 Å². The van der Waals surface area contributed by atoms with E-state index in [0.29, 0.717) is 11.3 Å². The molecule has 0 bridgehead atoms. The van der Waals surface area contributed by atoms with Crippen molar-refractivity contribution in [2.24, 2.45) is 0 Å². The average molecular weight is 380 g/mol. The molecule has 6 heteroatoms. The topological polar surface area (TPSA) is 55.4 Å². The third kappa shape index (κ3) is 4.61. The summed E-state index contributed by atoms with van der Waals surface area (Å²) >= 11 is 4.88. The molecule has 0 aliphatic carbocycles. The minimum Gasteiger partial charge on any atom is -0.465 e. The van der Waals surface area contributed by atoms with E-state index in [0.717, 1.165) is 9.37 Å². The Kier molecular flexibility index (Phi) is 6.03. The van der Waals surface area contributed by atoms with Gasteiger partial charge < -0.3 is 10.1 Å². The maximum absolute atomic E-state index is 12.0. The van der Waals surface area contributed by atoms with Crippen LogP contribution in [0.1, 0.15) is 10.4 Å². The molecule has 4 nitrogen and oxygen atoms in total. The van der Waals surface area contributed by atoms with Crippen LogP contribution < -0.4 is 5.32 Å². The van der Waals surface area contributed by atoms with Crippen molar-refractivity contribution in [1.82, 2.24) is 0 Å². The number of anilines is 1. The molecule has 0 unspecified atom stereocenters. The Morgan fingerprint density at radius 2 is 1.95 bits per heavy atom. The normalized spacial score (nSPS) is 10.1. The maximum atomic E-state index is 12.0. The van der Waals surface area contributed by atoms with Gasteiger partial charge in [-0.25, -0.2) is 4.79 Å². The number of amides is 1. The highest BCUT2D eigenvalue weighted by molar-refractivity contribution is 9.10. The van der Waals surface area contributed by atoms with Gasteiger partial charge in [-0.05, 0) is 46.3 Å². The third-order valence-corrected chi connectivity index (χ3v) is 4.79. The Morgan fingerprint density at radius 1 is 1.18 bits per heavy atom. The van der Waals surface area contributed by atoms with Crippen LogP contribution in [0.5, 0.6) is 0 Å². The predicted molar refractivity (Wildman–Crippen MR) is 91.3 cm³/mol. The van der Waals surface area contributed by atoms with E-state index < -0.39 is 5.97 Å². The second-order valence-electron chi connectivity index (χ2n) is 4.34. The minimum absolute atomic E-state index is 0.136. The van der Waals surface area contributed by atoms with Crippen LogP contribution in [0.3, 0.4) is 0 Å². The molecule has 1 N–H and O–H groups in total. The molecule has 0 aliphatic rings. The molecule has 0 saturated heterocycles. The summed E-state index contributed by atoms with van der Waals surface area (Å²) in [5, 5.41) is 2.77. The molecular weight excluding hydrogens is 366 g/mol. The molecule has 114 valence electrons. The van der Waals surface area contributed by atoms with E-state index >= 15 is 0 Å². The largest absolute Gasteiger partial charge is 0.465 e. The van der Waals surface area contributed by atoms with Crippen LogP contribution in [0.15, 0.2) is 57.9 Å². The van der Waals surface area contributed by atoms with Crippen LogP contribution in [-0.4, -0.2) is 24.7 Å². The number of carbonyl (C=O) groups is 2. The molecule has 0 spiro atoms. The molecule has 0 aliphatic heterocycles. The zero-order valence-corrected chi connectivity index (χ0v) is 14.2. The second kappa shape index (κ2) is 8.00. The van der Waals surface area contributed by atoms with Gasteiger partial charge in [-0.3, -0.25) is 4.79 Å². The average Bonchev–Trinajstić information content (AvgIpc) is 2.53. The Bertz CT molecular complexity index is 691. The van der Waals surface area contributed by atoms with Crippen molar-refractivity contribution in [2.75, 3.05) is 18.2 Å². The predicted octanol–water partition coefficient (Wildman–Crippen LogP) is 3.97. The Hall–Kier alpha value is -1.79. The first kappa shape index (κ1) is 16.6. The number of nitrogens with one attached hydrogen (secondary N) is 1. The molecule has 0 saturated carbocycles. The van der Waals surface area contributed by atoms with Gasteiger partial charge in [-0.1, -0.05) is 18.2 Å². The van der Waals surface area contributed by atoms with Gasteiger partial charge in [0.1, 0.15) is 0 Å². The number of hydrogen-bond donors (Lipinski definition) is 1. The fourth-order valence-electron chi connectivity index (χ4n) is 1.74. The summed E-state index contributed by atoms with van der Waals surface area (Å²) in [6.07, 6.45) is 0. The molecule has 0 atom stereocenters. The van der Waals surface area contributed by atoms with E-state index in [1.165, 1.54) is 18.9 Å². The summed E-state index contributed by atoms with van der Waals surface area (Å²) < 4.78 is 5.61. The van der Waals surface area contributed by atoms with E-state index in [9.17, 15) is 9.59 Å². The summed E-state index contributed by atoms with van der Waals surface area (Å²) in [4.78, 5) is 24.4. The molecule has 2 rings (SSSR count). The van der Waals surface area contributed by atoms with Crippen molar-refractivity contribution in [1.29, 1.82) is 0 Å². The van der Waals surface area contributed by atoms with E-state index in [2.05, 4.69) is 26.0 Å². The summed E-state index contributed by atoms with van der Waals surface area (Å²) in [5.74, 6) is -0.285. The lowest BCUT2D eigenvalue weighted by Crippen LogP contribution is -2.14. The van der Waals surface area contributed by atoms with E-state index in [1.807, 2.05) is 24.3 Å².